The molecule has 10 heteroatoms. The lowest BCUT2D eigenvalue weighted by Gasteiger charge is -2.24. The van der Waals surface area contributed by atoms with Gasteiger partial charge in [0, 0.05) is 29.1 Å². The number of carbonyl (C=O) groups is 2. The van der Waals surface area contributed by atoms with Crippen LogP contribution in [0.3, 0.4) is 0 Å². The molecule has 1 aromatic heterocycles. The highest BCUT2D eigenvalue weighted by atomic mass is 35.5. The number of halogens is 4. The Morgan fingerprint density at radius 1 is 1.15 bits per heavy atom. The average Bonchev–Trinajstić information content (AvgIpc) is 2.79. The summed E-state index contributed by atoms with van der Waals surface area (Å²) in [6.07, 6.45) is -3.45. The number of hydrogen-bond acceptors (Lipinski definition) is 5. The second-order valence-electron chi connectivity index (χ2n) is 7.61. The van der Waals surface area contributed by atoms with Crippen molar-refractivity contribution in [3.63, 3.8) is 0 Å². The van der Waals surface area contributed by atoms with Gasteiger partial charge in [-0.15, -0.1) is 0 Å². The first-order chi connectivity index (χ1) is 16.1. The summed E-state index contributed by atoms with van der Waals surface area (Å²) in [6.45, 7) is 0.253. The third-order valence-electron chi connectivity index (χ3n) is 5.29. The van der Waals surface area contributed by atoms with Gasteiger partial charge in [-0.05, 0) is 48.9 Å². The van der Waals surface area contributed by atoms with Gasteiger partial charge in [-0.25, -0.2) is 0 Å². The van der Waals surface area contributed by atoms with Crippen LogP contribution in [0.1, 0.15) is 39.5 Å². The summed E-state index contributed by atoms with van der Waals surface area (Å²) in [5.41, 5.74) is -0.105. The van der Waals surface area contributed by atoms with Crippen molar-refractivity contribution in [2.24, 2.45) is 0 Å². The van der Waals surface area contributed by atoms with Crippen LogP contribution >= 0.6 is 11.6 Å². The zero-order valence-corrected chi connectivity index (χ0v) is 18.2. The van der Waals surface area contributed by atoms with E-state index in [0.29, 0.717) is 23.5 Å². The number of carboxylic acid groups (broad SMARTS) is 1. The van der Waals surface area contributed by atoms with Gasteiger partial charge in [-0.2, -0.15) is 13.2 Å². The van der Waals surface area contributed by atoms with Crippen LogP contribution in [0.5, 0.6) is 17.2 Å². The summed E-state index contributed by atoms with van der Waals surface area (Å²) >= 11 is 6.28. The van der Waals surface area contributed by atoms with Gasteiger partial charge < -0.3 is 14.6 Å². The summed E-state index contributed by atoms with van der Waals surface area (Å²) < 4.78 is 49.9. The number of ether oxygens (including phenoxy) is 2. The lowest BCUT2D eigenvalue weighted by Crippen LogP contribution is -2.20. The molecule has 1 N–H and O–H groups in total. The molecule has 34 heavy (non-hydrogen) atoms. The Labute approximate surface area is 196 Å². The van der Waals surface area contributed by atoms with E-state index in [1.807, 2.05) is 0 Å². The van der Waals surface area contributed by atoms with Gasteiger partial charge in [-0.3, -0.25) is 14.6 Å². The van der Waals surface area contributed by atoms with E-state index in [9.17, 15) is 27.9 Å². The number of fused-ring (bicyclic) bond motifs is 1. The maximum atomic E-state index is 12.9. The molecule has 0 saturated heterocycles. The highest BCUT2D eigenvalue weighted by Crippen LogP contribution is 2.41. The summed E-state index contributed by atoms with van der Waals surface area (Å²) in [6, 6.07) is 10.7. The van der Waals surface area contributed by atoms with Crippen molar-refractivity contribution in [2.45, 2.75) is 24.9 Å². The zero-order valence-electron chi connectivity index (χ0n) is 17.4. The predicted molar refractivity (Wildman–Crippen MR) is 116 cm³/mol. The van der Waals surface area contributed by atoms with E-state index in [-0.39, 0.29) is 35.1 Å². The first kappa shape index (κ1) is 23.6. The molecule has 2 heterocycles. The second-order valence-corrected chi connectivity index (χ2v) is 8.02. The minimum absolute atomic E-state index is 0.0145. The Hall–Kier alpha value is -3.59. The normalized spacial score (nSPS) is 15.2. The quantitative estimate of drug-likeness (QED) is 0.431. The van der Waals surface area contributed by atoms with Gasteiger partial charge in [0.15, 0.2) is 5.78 Å². The third-order valence-corrected chi connectivity index (χ3v) is 5.59. The van der Waals surface area contributed by atoms with Gasteiger partial charge in [-0.1, -0.05) is 11.6 Å². The van der Waals surface area contributed by atoms with Crippen LogP contribution in [-0.4, -0.2) is 28.4 Å². The molecule has 1 aliphatic heterocycles. The molecule has 0 spiro atoms. The van der Waals surface area contributed by atoms with Crippen molar-refractivity contribution >= 4 is 23.4 Å². The van der Waals surface area contributed by atoms with Gasteiger partial charge in [0.1, 0.15) is 17.2 Å². The monoisotopic (exact) mass is 491 g/mol. The summed E-state index contributed by atoms with van der Waals surface area (Å²) in [5, 5.41) is 9.58. The molecule has 0 saturated carbocycles. The Bertz CT molecular complexity index is 1240. The smallest absolute Gasteiger partial charge is 0.416 e. The van der Waals surface area contributed by atoms with Crippen LogP contribution in [0.25, 0.3) is 0 Å². The molecule has 2 aromatic carbocycles. The van der Waals surface area contributed by atoms with Crippen molar-refractivity contribution in [3.05, 3.63) is 82.1 Å². The standard InChI is InChI=1S/C24H17ClF3NO5/c25-19-11-18-17(23(31)32)6-8-33-21(18)12-22(19)34-16-3-1-13(2-4-16)20(30)10-15-9-14(5-7-29-15)24(26,27)28/h1-5,7,9,11-12,17H,6,8,10H2,(H,31,32). The van der Waals surface area contributed by atoms with Crippen LogP contribution < -0.4 is 9.47 Å². The van der Waals surface area contributed by atoms with Crippen LogP contribution in [0.2, 0.25) is 5.02 Å². The van der Waals surface area contributed by atoms with E-state index in [1.54, 1.807) is 0 Å². The molecule has 0 bridgehead atoms. The first-order valence-corrected chi connectivity index (χ1v) is 10.5. The molecule has 4 rings (SSSR count). The van der Waals surface area contributed by atoms with Gasteiger partial charge in [0.05, 0.1) is 29.5 Å². The average molecular weight is 492 g/mol. The molecule has 1 atom stereocenters. The van der Waals surface area contributed by atoms with Crippen LogP contribution in [0, 0.1) is 0 Å². The van der Waals surface area contributed by atoms with E-state index in [1.165, 1.54) is 36.4 Å². The van der Waals surface area contributed by atoms with Gasteiger partial charge in [0.2, 0.25) is 0 Å². The number of rotatable bonds is 6. The van der Waals surface area contributed by atoms with Crippen molar-refractivity contribution in [3.8, 4) is 17.2 Å². The minimum Gasteiger partial charge on any atom is -0.493 e. The lowest BCUT2D eigenvalue weighted by atomic mass is 9.93. The van der Waals surface area contributed by atoms with Crippen LogP contribution in [0.4, 0.5) is 13.2 Å². The number of ketones is 1. The molecule has 176 valence electrons. The maximum Gasteiger partial charge on any atom is 0.416 e. The fourth-order valence-electron chi connectivity index (χ4n) is 3.58. The van der Waals surface area contributed by atoms with Crippen LogP contribution in [0.15, 0.2) is 54.7 Å². The third kappa shape index (κ3) is 5.14. The van der Waals surface area contributed by atoms with E-state index in [0.717, 1.165) is 18.3 Å². The number of carboxylic acids is 1. The highest BCUT2D eigenvalue weighted by molar-refractivity contribution is 6.32. The number of nitrogens with zero attached hydrogens (tertiary/aromatic N) is 1. The number of pyridine rings is 1. The number of Topliss-reactive ketones (excluding diaryl/α,β-unsaturated/α-hetero) is 1. The van der Waals surface area contributed by atoms with Gasteiger partial charge >= 0.3 is 12.1 Å². The van der Waals surface area contributed by atoms with E-state index in [2.05, 4.69) is 4.98 Å². The zero-order chi connectivity index (χ0) is 24.5. The Morgan fingerprint density at radius 3 is 2.56 bits per heavy atom. The number of aromatic nitrogens is 1. The van der Waals surface area contributed by atoms with E-state index >= 15 is 0 Å². The molecule has 0 fully saturated rings. The molecule has 0 amide bonds. The molecule has 3 aromatic rings. The Morgan fingerprint density at radius 2 is 1.88 bits per heavy atom. The van der Waals surface area contributed by atoms with Crippen molar-refractivity contribution in [2.75, 3.05) is 6.61 Å². The summed E-state index contributed by atoms with van der Waals surface area (Å²) in [4.78, 5) is 27.8. The number of hydrogen-bond donors (Lipinski definition) is 1. The number of aliphatic carboxylic acids is 1. The topological polar surface area (TPSA) is 85.7 Å². The van der Waals surface area contributed by atoms with E-state index in [4.69, 9.17) is 21.1 Å². The number of alkyl halides is 3. The predicted octanol–water partition coefficient (Wildman–Crippen LogP) is 5.92. The largest absolute Gasteiger partial charge is 0.493 e. The highest BCUT2D eigenvalue weighted by Gasteiger charge is 2.31. The SMILES string of the molecule is O=C(Cc1cc(C(F)(F)F)ccn1)c1ccc(Oc2cc3c(cc2Cl)C(C(=O)O)CCO3)cc1. The lowest BCUT2D eigenvalue weighted by molar-refractivity contribution is -0.139. The fourth-order valence-corrected chi connectivity index (χ4v) is 3.79. The fraction of sp³-hybridized carbons (Fsp3) is 0.208. The van der Waals surface area contributed by atoms with Crippen LogP contribution in [-0.2, 0) is 17.4 Å². The summed E-state index contributed by atoms with van der Waals surface area (Å²) in [5.74, 6) is -1.11. The molecular formula is C24H17ClF3NO5. The van der Waals surface area contributed by atoms with E-state index < -0.39 is 29.4 Å². The molecular weight excluding hydrogens is 475 g/mol. The maximum absolute atomic E-state index is 12.9. The summed E-state index contributed by atoms with van der Waals surface area (Å²) in [7, 11) is 0. The molecule has 1 unspecified atom stereocenters. The number of carbonyl (C=O) groups excluding carboxylic acids is 1. The minimum atomic E-state index is -4.52. The van der Waals surface area contributed by atoms with Crippen molar-refractivity contribution < 1.29 is 37.3 Å². The first-order valence-electron chi connectivity index (χ1n) is 10.1. The van der Waals surface area contributed by atoms with Crippen molar-refractivity contribution in [1.82, 2.24) is 4.98 Å². The molecule has 6 nitrogen and oxygen atoms in total. The number of benzene rings is 2. The molecule has 0 radical (unpaired) electrons. The molecule has 1 aliphatic rings. The Kier molecular flexibility index (Phi) is 6.47. The molecule has 0 aliphatic carbocycles. The second kappa shape index (κ2) is 9.34. The van der Waals surface area contributed by atoms with Crippen molar-refractivity contribution in [1.29, 1.82) is 0 Å². The Balaban J connectivity index is 1.47. The van der Waals surface area contributed by atoms with Gasteiger partial charge in [0.25, 0.3) is 0 Å².